The first kappa shape index (κ1) is 20.0. The molecule has 0 aliphatic heterocycles. The van der Waals surface area contributed by atoms with Gasteiger partial charge >= 0.3 is 5.97 Å². The van der Waals surface area contributed by atoms with Crippen molar-refractivity contribution in [2.45, 2.75) is 0 Å². The van der Waals surface area contributed by atoms with Crippen LogP contribution in [-0.4, -0.2) is 19.0 Å². The molecule has 1 N–H and O–H groups in total. The quantitative estimate of drug-likeness (QED) is 0.431. The maximum Gasteiger partial charge on any atom is 0.364 e. The number of carbonyl (C=O) groups excluding carboxylic acids is 2. The average molecular weight is 410 g/mol. The molecule has 0 unspecified atom stereocenters. The van der Waals surface area contributed by atoms with Crippen molar-refractivity contribution in [3.05, 3.63) is 88.9 Å². The average Bonchev–Trinajstić information content (AvgIpc) is 2.77. The Bertz CT molecular complexity index is 1030. The van der Waals surface area contributed by atoms with Gasteiger partial charge in [0, 0.05) is 5.56 Å². The van der Waals surface area contributed by atoms with E-state index in [1.807, 2.05) is 0 Å². The van der Waals surface area contributed by atoms with E-state index in [0.29, 0.717) is 27.7 Å². The van der Waals surface area contributed by atoms with Crippen LogP contribution in [0.5, 0.6) is 5.75 Å². The molecule has 0 heterocycles. The molecule has 3 aromatic carbocycles. The van der Waals surface area contributed by atoms with E-state index in [1.165, 1.54) is 0 Å². The topological polar surface area (TPSA) is 89.3 Å². The summed E-state index contributed by atoms with van der Waals surface area (Å²) in [6.45, 7) is 0. The summed E-state index contributed by atoms with van der Waals surface area (Å²) in [5.41, 5.74) is 4.18. The third-order valence-corrected chi connectivity index (χ3v) is 4.15. The van der Waals surface area contributed by atoms with Gasteiger partial charge < -0.3 is 9.57 Å². The predicted molar refractivity (Wildman–Crippen MR) is 109 cm³/mol. The second-order valence-corrected chi connectivity index (χ2v) is 6.16. The number of carbonyl (C=O) groups is 2. The number of amides is 1. The van der Waals surface area contributed by atoms with Crippen LogP contribution < -0.4 is 10.2 Å². The minimum Gasteiger partial charge on any atom is -0.497 e. The van der Waals surface area contributed by atoms with Crippen molar-refractivity contribution in [3.63, 3.8) is 0 Å². The molecule has 0 bridgehead atoms. The van der Waals surface area contributed by atoms with Gasteiger partial charge in [0.25, 0.3) is 5.91 Å². The van der Waals surface area contributed by atoms with Crippen molar-refractivity contribution < 1.29 is 19.2 Å². The number of azo groups is 1. The Morgan fingerprint density at radius 3 is 2.28 bits per heavy atom. The number of hydrogen-bond donors (Lipinski definition) is 1. The molecule has 0 radical (unpaired) electrons. The Labute approximate surface area is 171 Å². The van der Waals surface area contributed by atoms with E-state index in [1.54, 1.807) is 79.9 Å². The molecule has 8 heteroatoms. The molecule has 1 amide bonds. The summed E-state index contributed by atoms with van der Waals surface area (Å²) in [5.74, 6) is -0.426. The molecule has 0 aliphatic rings. The highest BCUT2D eigenvalue weighted by molar-refractivity contribution is 6.33. The number of benzene rings is 3. The Morgan fingerprint density at radius 2 is 1.62 bits per heavy atom. The van der Waals surface area contributed by atoms with E-state index in [0.717, 1.165) is 0 Å². The van der Waals surface area contributed by atoms with Crippen LogP contribution in [-0.2, 0) is 4.84 Å². The van der Waals surface area contributed by atoms with Crippen molar-refractivity contribution >= 4 is 34.9 Å². The van der Waals surface area contributed by atoms with Gasteiger partial charge in [-0.3, -0.25) is 4.79 Å². The molecule has 0 atom stereocenters. The third kappa shape index (κ3) is 5.40. The summed E-state index contributed by atoms with van der Waals surface area (Å²) >= 11 is 5.96. The first-order valence-electron chi connectivity index (χ1n) is 8.49. The predicted octanol–water partition coefficient (Wildman–Crippen LogP) is 5.46. The van der Waals surface area contributed by atoms with Crippen LogP contribution in [0.4, 0.5) is 11.4 Å². The summed E-state index contributed by atoms with van der Waals surface area (Å²) in [6.07, 6.45) is 0. The van der Waals surface area contributed by atoms with Gasteiger partial charge in [0.15, 0.2) is 0 Å². The van der Waals surface area contributed by atoms with Gasteiger partial charge in [0.1, 0.15) is 5.75 Å². The number of nitrogens with one attached hydrogen (secondary N) is 1. The fourth-order valence-electron chi connectivity index (χ4n) is 2.28. The molecule has 0 aromatic heterocycles. The summed E-state index contributed by atoms with van der Waals surface area (Å²) < 4.78 is 5.05. The van der Waals surface area contributed by atoms with Crippen molar-refractivity contribution in [1.82, 2.24) is 0 Å². The minimum absolute atomic E-state index is 0.254. The zero-order chi connectivity index (χ0) is 20.6. The van der Waals surface area contributed by atoms with Crippen LogP contribution in [0.3, 0.4) is 0 Å². The van der Waals surface area contributed by atoms with Crippen LogP contribution in [0, 0.1) is 0 Å². The summed E-state index contributed by atoms with van der Waals surface area (Å²) in [6, 6.07) is 19.7. The van der Waals surface area contributed by atoms with Gasteiger partial charge in [0.05, 0.1) is 29.1 Å². The molecule has 3 rings (SSSR count). The molecule has 29 heavy (non-hydrogen) atoms. The SMILES string of the molecule is COc1ccc(C(=O)N=Nc2ccc(NOC(=O)c3ccccc3Cl)cc2)cc1. The molecule has 0 fully saturated rings. The van der Waals surface area contributed by atoms with E-state index in [9.17, 15) is 9.59 Å². The number of anilines is 1. The Kier molecular flexibility index (Phi) is 6.55. The fraction of sp³-hybridized carbons (Fsp3) is 0.0476. The smallest absolute Gasteiger partial charge is 0.364 e. The van der Waals surface area contributed by atoms with Crippen LogP contribution in [0.1, 0.15) is 20.7 Å². The van der Waals surface area contributed by atoms with Crippen molar-refractivity contribution in [3.8, 4) is 5.75 Å². The number of rotatable bonds is 6. The molecule has 0 spiro atoms. The van der Waals surface area contributed by atoms with Gasteiger partial charge in [-0.1, -0.05) is 23.7 Å². The van der Waals surface area contributed by atoms with Gasteiger partial charge in [-0.2, -0.15) is 0 Å². The zero-order valence-corrected chi connectivity index (χ0v) is 16.1. The maximum atomic E-state index is 12.0. The van der Waals surface area contributed by atoms with Gasteiger partial charge in [-0.25, -0.2) is 10.3 Å². The van der Waals surface area contributed by atoms with Crippen molar-refractivity contribution in [2.24, 2.45) is 10.2 Å². The first-order valence-corrected chi connectivity index (χ1v) is 8.86. The third-order valence-electron chi connectivity index (χ3n) is 3.82. The van der Waals surface area contributed by atoms with Crippen LogP contribution in [0.15, 0.2) is 83.0 Å². The summed E-state index contributed by atoms with van der Waals surface area (Å²) in [7, 11) is 1.55. The van der Waals surface area contributed by atoms with E-state index in [-0.39, 0.29) is 5.56 Å². The molecule has 0 saturated heterocycles. The van der Waals surface area contributed by atoms with Crippen LogP contribution in [0.25, 0.3) is 0 Å². The maximum absolute atomic E-state index is 12.0. The van der Waals surface area contributed by atoms with Gasteiger partial charge in [-0.05, 0) is 60.7 Å². The van der Waals surface area contributed by atoms with Crippen molar-refractivity contribution in [1.29, 1.82) is 0 Å². The summed E-state index contributed by atoms with van der Waals surface area (Å²) in [5, 5.41) is 7.91. The summed E-state index contributed by atoms with van der Waals surface area (Å²) in [4.78, 5) is 29.1. The molecular weight excluding hydrogens is 394 g/mol. The second-order valence-electron chi connectivity index (χ2n) is 5.75. The number of halogens is 1. The van der Waals surface area contributed by atoms with Crippen LogP contribution >= 0.6 is 11.6 Å². The molecule has 3 aromatic rings. The lowest BCUT2D eigenvalue weighted by Gasteiger charge is -2.07. The van der Waals surface area contributed by atoms with Crippen LogP contribution in [0.2, 0.25) is 5.02 Å². The Hall–Kier alpha value is -3.71. The van der Waals surface area contributed by atoms with Gasteiger partial charge in [0.2, 0.25) is 0 Å². The van der Waals surface area contributed by atoms with Gasteiger partial charge in [-0.15, -0.1) is 10.2 Å². The molecule has 0 saturated carbocycles. The monoisotopic (exact) mass is 409 g/mol. The number of methoxy groups -OCH3 is 1. The second kappa shape index (κ2) is 9.48. The molecule has 146 valence electrons. The minimum atomic E-state index is -0.607. The lowest BCUT2D eigenvalue weighted by atomic mass is 10.2. The Balaban J connectivity index is 1.56. The fourth-order valence-corrected chi connectivity index (χ4v) is 2.49. The lowest BCUT2D eigenvalue weighted by molar-refractivity contribution is 0.0596. The normalized spacial score (nSPS) is 10.6. The van der Waals surface area contributed by atoms with Crippen molar-refractivity contribution in [2.75, 3.05) is 12.6 Å². The van der Waals surface area contributed by atoms with E-state index >= 15 is 0 Å². The zero-order valence-electron chi connectivity index (χ0n) is 15.3. The molecule has 7 nitrogen and oxygen atoms in total. The number of hydrogen-bond acceptors (Lipinski definition) is 6. The number of nitrogens with zero attached hydrogens (tertiary/aromatic N) is 2. The van der Waals surface area contributed by atoms with E-state index in [4.69, 9.17) is 21.2 Å². The number of ether oxygens (including phenoxy) is 1. The van der Waals surface area contributed by atoms with E-state index < -0.39 is 11.9 Å². The first-order chi connectivity index (χ1) is 14.1. The van der Waals surface area contributed by atoms with E-state index in [2.05, 4.69) is 15.7 Å². The highest BCUT2D eigenvalue weighted by Gasteiger charge is 2.11. The Morgan fingerprint density at radius 1 is 0.931 bits per heavy atom. The largest absolute Gasteiger partial charge is 0.497 e. The highest BCUT2D eigenvalue weighted by Crippen LogP contribution is 2.20. The lowest BCUT2D eigenvalue weighted by Crippen LogP contribution is -2.11. The molecule has 0 aliphatic carbocycles. The standard InChI is InChI=1S/C21H16ClN3O4/c1-28-17-12-6-14(7-13-17)20(26)24-23-15-8-10-16(11-9-15)25-29-21(27)18-4-2-3-5-19(18)22/h2-13,25H,1H3. The highest BCUT2D eigenvalue weighted by atomic mass is 35.5. The molecular formula is C21H16ClN3O4.